The third kappa shape index (κ3) is 3.19. The Morgan fingerprint density at radius 2 is 1.75 bits per heavy atom. The van der Waals surface area contributed by atoms with Crippen LogP contribution < -0.4 is 4.90 Å². The van der Waals surface area contributed by atoms with Gasteiger partial charge in [-0.15, -0.1) is 0 Å². The predicted molar refractivity (Wildman–Crippen MR) is 83.9 cm³/mol. The molecule has 0 bridgehead atoms. The summed E-state index contributed by atoms with van der Waals surface area (Å²) in [5, 5.41) is 9.65. The second kappa shape index (κ2) is 6.37. The molecule has 2 aromatic rings. The summed E-state index contributed by atoms with van der Waals surface area (Å²) in [6.07, 6.45) is -0.515. The third-order valence-corrected chi connectivity index (χ3v) is 3.89. The van der Waals surface area contributed by atoms with E-state index in [2.05, 4.69) is 20.8 Å². The number of halogens is 2. The minimum absolute atomic E-state index is 0.240. The zero-order chi connectivity index (χ0) is 14.7. The Balaban J connectivity index is 2.37. The molecule has 2 rings (SSSR count). The topological polar surface area (TPSA) is 23.5 Å². The minimum atomic E-state index is -0.515. The smallest absolute Gasteiger partial charge is 0.123 e. The first kappa shape index (κ1) is 15.0. The van der Waals surface area contributed by atoms with Crippen LogP contribution in [0.1, 0.15) is 25.5 Å². The highest BCUT2D eigenvalue weighted by Crippen LogP contribution is 2.31. The summed E-state index contributed by atoms with van der Waals surface area (Å²) in [5.74, 6) is -0.240. The Kier molecular flexibility index (Phi) is 4.78. The zero-order valence-corrected chi connectivity index (χ0v) is 13.1. The number of anilines is 2. The van der Waals surface area contributed by atoms with E-state index in [0.29, 0.717) is 0 Å². The van der Waals surface area contributed by atoms with Gasteiger partial charge in [0, 0.05) is 22.4 Å². The summed E-state index contributed by atoms with van der Waals surface area (Å²) in [6.45, 7) is 4.54. The fraction of sp³-hybridized carbons (Fsp3) is 0.250. The Morgan fingerprint density at radius 1 is 1.15 bits per heavy atom. The number of benzene rings is 2. The molecule has 106 valence electrons. The molecule has 0 aliphatic carbocycles. The van der Waals surface area contributed by atoms with E-state index in [9.17, 15) is 9.50 Å². The number of hydrogen-bond donors (Lipinski definition) is 1. The van der Waals surface area contributed by atoms with E-state index in [1.54, 1.807) is 19.1 Å². The SMILES string of the molecule is CCN(c1ccc(F)cc1)c1ccc(C(C)O)c(Br)c1. The van der Waals surface area contributed by atoms with Crippen molar-refractivity contribution in [1.82, 2.24) is 0 Å². The van der Waals surface area contributed by atoms with E-state index < -0.39 is 6.10 Å². The van der Waals surface area contributed by atoms with Gasteiger partial charge in [0.15, 0.2) is 0 Å². The van der Waals surface area contributed by atoms with Gasteiger partial charge in [0.25, 0.3) is 0 Å². The van der Waals surface area contributed by atoms with E-state index in [4.69, 9.17) is 0 Å². The molecule has 0 aromatic heterocycles. The quantitative estimate of drug-likeness (QED) is 0.866. The average Bonchev–Trinajstić information content (AvgIpc) is 2.41. The third-order valence-electron chi connectivity index (χ3n) is 3.20. The summed E-state index contributed by atoms with van der Waals surface area (Å²) in [5.41, 5.74) is 2.78. The van der Waals surface area contributed by atoms with Crippen LogP contribution in [-0.4, -0.2) is 11.7 Å². The molecule has 0 saturated heterocycles. The van der Waals surface area contributed by atoms with Crippen LogP contribution in [-0.2, 0) is 0 Å². The normalized spacial score (nSPS) is 12.2. The average molecular weight is 338 g/mol. The van der Waals surface area contributed by atoms with Crippen LogP contribution in [0, 0.1) is 5.82 Å². The highest BCUT2D eigenvalue weighted by atomic mass is 79.9. The molecule has 4 heteroatoms. The van der Waals surface area contributed by atoms with E-state index >= 15 is 0 Å². The van der Waals surface area contributed by atoms with Crippen molar-refractivity contribution < 1.29 is 9.50 Å². The monoisotopic (exact) mass is 337 g/mol. The maximum absolute atomic E-state index is 13.0. The molecule has 0 spiro atoms. The molecule has 1 atom stereocenters. The number of nitrogens with zero attached hydrogens (tertiary/aromatic N) is 1. The van der Waals surface area contributed by atoms with Crippen LogP contribution in [0.3, 0.4) is 0 Å². The molecular weight excluding hydrogens is 321 g/mol. The highest BCUT2D eigenvalue weighted by Gasteiger charge is 2.11. The lowest BCUT2D eigenvalue weighted by molar-refractivity contribution is 0.198. The number of rotatable bonds is 4. The molecule has 1 N–H and O–H groups in total. The second-order valence-electron chi connectivity index (χ2n) is 4.60. The van der Waals surface area contributed by atoms with Crippen LogP contribution in [0.15, 0.2) is 46.9 Å². The van der Waals surface area contributed by atoms with Gasteiger partial charge in [0.2, 0.25) is 0 Å². The summed E-state index contributed by atoms with van der Waals surface area (Å²) in [4.78, 5) is 2.08. The van der Waals surface area contributed by atoms with Crippen molar-refractivity contribution in [2.45, 2.75) is 20.0 Å². The van der Waals surface area contributed by atoms with E-state index in [1.165, 1.54) is 12.1 Å². The van der Waals surface area contributed by atoms with Crippen molar-refractivity contribution >= 4 is 27.3 Å². The van der Waals surface area contributed by atoms with Crippen LogP contribution in [0.25, 0.3) is 0 Å². The lowest BCUT2D eigenvalue weighted by atomic mass is 10.1. The molecule has 0 radical (unpaired) electrons. The molecule has 2 aromatic carbocycles. The van der Waals surface area contributed by atoms with Crippen molar-refractivity contribution in [3.8, 4) is 0 Å². The molecule has 0 saturated carbocycles. The first-order chi connectivity index (χ1) is 9.52. The van der Waals surface area contributed by atoms with Crippen molar-refractivity contribution in [2.24, 2.45) is 0 Å². The predicted octanol–water partition coefficient (Wildman–Crippen LogP) is 4.80. The van der Waals surface area contributed by atoms with Gasteiger partial charge in [-0.3, -0.25) is 0 Å². The van der Waals surface area contributed by atoms with Crippen molar-refractivity contribution in [3.63, 3.8) is 0 Å². The first-order valence-corrected chi connectivity index (χ1v) is 7.33. The largest absolute Gasteiger partial charge is 0.389 e. The summed E-state index contributed by atoms with van der Waals surface area (Å²) in [6, 6.07) is 12.3. The van der Waals surface area contributed by atoms with Crippen molar-refractivity contribution in [1.29, 1.82) is 0 Å². The molecule has 20 heavy (non-hydrogen) atoms. The van der Waals surface area contributed by atoms with Crippen LogP contribution in [0.4, 0.5) is 15.8 Å². The molecular formula is C16H17BrFNO. The lowest BCUT2D eigenvalue weighted by Crippen LogP contribution is -2.16. The van der Waals surface area contributed by atoms with Gasteiger partial charge < -0.3 is 10.0 Å². The molecule has 0 heterocycles. The van der Waals surface area contributed by atoms with Gasteiger partial charge in [-0.05, 0) is 55.8 Å². The van der Waals surface area contributed by atoms with Gasteiger partial charge in [0.1, 0.15) is 5.82 Å². The van der Waals surface area contributed by atoms with Crippen LogP contribution in [0.2, 0.25) is 0 Å². The highest BCUT2D eigenvalue weighted by molar-refractivity contribution is 9.10. The minimum Gasteiger partial charge on any atom is -0.389 e. The molecule has 0 aliphatic heterocycles. The van der Waals surface area contributed by atoms with E-state index in [-0.39, 0.29) is 5.82 Å². The van der Waals surface area contributed by atoms with Gasteiger partial charge in [-0.2, -0.15) is 0 Å². The molecule has 0 amide bonds. The fourth-order valence-electron chi connectivity index (χ4n) is 2.16. The number of hydrogen-bond acceptors (Lipinski definition) is 2. The van der Waals surface area contributed by atoms with E-state index in [0.717, 1.165) is 28.0 Å². The Labute approximate surface area is 127 Å². The maximum atomic E-state index is 13.0. The molecule has 2 nitrogen and oxygen atoms in total. The van der Waals surface area contributed by atoms with Gasteiger partial charge >= 0.3 is 0 Å². The first-order valence-electron chi connectivity index (χ1n) is 6.53. The summed E-state index contributed by atoms with van der Waals surface area (Å²) < 4.78 is 13.9. The maximum Gasteiger partial charge on any atom is 0.123 e. The zero-order valence-electron chi connectivity index (χ0n) is 11.5. The number of aliphatic hydroxyl groups is 1. The van der Waals surface area contributed by atoms with Gasteiger partial charge in [0.05, 0.1) is 6.10 Å². The van der Waals surface area contributed by atoms with Gasteiger partial charge in [-0.25, -0.2) is 4.39 Å². The standard InChI is InChI=1S/C16H17BrFNO/c1-3-19(13-6-4-12(18)5-7-13)14-8-9-15(11(2)20)16(17)10-14/h4-11,20H,3H2,1-2H3. The number of aliphatic hydroxyl groups excluding tert-OH is 1. The van der Waals surface area contributed by atoms with Gasteiger partial charge in [-0.1, -0.05) is 22.0 Å². The van der Waals surface area contributed by atoms with Crippen molar-refractivity contribution in [3.05, 3.63) is 58.3 Å². The lowest BCUT2D eigenvalue weighted by Gasteiger charge is -2.24. The molecule has 1 unspecified atom stereocenters. The summed E-state index contributed by atoms with van der Waals surface area (Å²) >= 11 is 3.48. The van der Waals surface area contributed by atoms with Crippen molar-refractivity contribution in [2.75, 3.05) is 11.4 Å². The van der Waals surface area contributed by atoms with E-state index in [1.807, 2.05) is 25.1 Å². The Bertz CT molecular complexity index is 584. The Morgan fingerprint density at radius 3 is 2.25 bits per heavy atom. The van der Waals surface area contributed by atoms with Crippen LogP contribution in [0.5, 0.6) is 0 Å². The fourth-order valence-corrected chi connectivity index (χ4v) is 2.86. The molecule has 0 aliphatic rings. The Hall–Kier alpha value is -1.39. The second-order valence-corrected chi connectivity index (χ2v) is 5.46. The molecule has 0 fully saturated rings. The van der Waals surface area contributed by atoms with Crippen LogP contribution >= 0.6 is 15.9 Å². The summed E-state index contributed by atoms with van der Waals surface area (Å²) in [7, 11) is 0.